The smallest absolute Gasteiger partial charge is 0.259 e. The maximum Gasteiger partial charge on any atom is 0.259 e. The topological polar surface area (TPSA) is 83.0 Å². The summed E-state index contributed by atoms with van der Waals surface area (Å²) < 4.78 is 5.00. The number of carbonyl (C=O) groups excluding carboxylic acids is 1. The van der Waals surface area contributed by atoms with Crippen LogP contribution in [0.4, 0.5) is 5.69 Å². The standard InChI is InChI=1S/C17H19N3O3/c1-12-5-3-4-6-14(12)18-11-17(22)20-19-10-13-7-8-15(21)16(9-13)23-2/h3-10,18,21H,11H2,1-2H3,(H,20,22)/b19-10-. The fourth-order valence-corrected chi connectivity index (χ4v) is 1.94. The first-order chi connectivity index (χ1) is 11.1. The number of aromatic hydroxyl groups is 1. The summed E-state index contributed by atoms with van der Waals surface area (Å²) in [6, 6.07) is 12.5. The van der Waals surface area contributed by atoms with Crippen molar-refractivity contribution in [1.82, 2.24) is 5.43 Å². The molecule has 23 heavy (non-hydrogen) atoms. The summed E-state index contributed by atoms with van der Waals surface area (Å²) in [6.07, 6.45) is 1.48. The monoisotopic (exact) mass is 313 g/mol. The van der Waals surface area contributed by atoms with Crippen LogP contribution in [0.2, 0.25) is 0 Å². The van der Waals surface area contributed by atoms with Gasteiger partial charge in [-0.05, 0) is 42.3 Å². The number of phenolic OH excluding ortho intramolecular Hbond substituents is 1. The van der Waals surface area contributed by atoms with E-state index < -0.39 is 0 Å². The van der Waals surface area contributed by atoms with E-state index in [9.17, 15) is 9.90 Å². The number of benzene rings is 2. The second-order valence-electron chi connectivity index (χ2n) is 4.89. The summed E-state index contributed by atoms with van der Waals surface area (Å²) >= 11 is 0. The number of carbonyl (C=O) groups is 1. The van der Waals surface area contributed by atoms with Gasteiger partial charge in [0.1, 0.15) is 0 Å². The molecule has 3 N–H and O–H groups in total. The van der Waals surface area contributed by atoms with Crippen LogP contribution in [0.5, 0.6) is 11.5 Å². The molecule has 0 spiro atoms. The highest BCUT2D eigenvalue weighted by atomic mass is 16.5. The van der Waals surface area contributed by atoms with Crippen LogP contribution in [0.1, 0.15) is 11.1 Å². The minimum absolute atomic E-state index is 0.0520. The summed E-state index contributed by atoms with van der Waals surface area (Å²) in [4.78, 5) is 11.7. The number of phenols is 1. The Balaban J connectivity index is 1.85. The molecular formula is C17H19N3O3. The number of rotatable bonds is 6. The van der Waals surface area contributed by atoms with Gasteiger partial charge in [-0.1, -0.05) is 18.2 Å². The third-order valence-electron chi connectivity index (χ3n) is 3.19. The van der Waals surface area contributed by atoms with Gasteiger partial charge in [0.25, 0.3) is 5.91 Å². The molecule has 0 heterocycles. The lowest BCUT2D eigenvalue weighted by atomic mass is 10.2. The van der Waals surface area contributed by atoms with Crippen molar-refractivity contribution in [3.05, 3.63) is 53.6 Å². The third kappa shape index (κ3) is 4.74. The fourth-order valence-electron chi connectivity index (χ4n) is 1.94. The first kappa shape index (κ1) is 16.4. The molecule has 0 unspecified atom stereocenters. The number of anilines is 1. The Bertz CT molecular complexity index is 714. The van der Waals surface area contributed by atoms with Crippen LogP contribution in [0.3, 0.4) is 0 Å². The zero-order valence-corrected chi connectivity index (χ0v) is 13.0. The molecule has 0 radical (unpaired) electrons. The minimum Gasteiger partial charge on any atom is -0.504 e. The van der Waals surface area contributed by atoms with Crippen LogP contribution in [0, 0.1) is 6.92 Å². The van der Waals surface area contributed by atoms with E-state index in [4.69, 9.17) is 4.74 Å². The Morgan fingerprint density at radius 2 is 2.09 bits per heavy atom. The first-order valence-corrected chi connectivity index (χ1v) is 7.08. The van der Waals surface area contributed by atoms with E-state index in [1.807, 2.05) is 31.2 Å². The highest BCUT2D eigenvalue weighted by molar-refractivity contribution is 5.84. The van der Waals surface area contributed by atoms with Crippen molar-refractivity contribution in [3.8, 4) is 11.5 Å². The average molecular weight is 313 g/mol. The SMILES string of the molecule is COc1cc(/C=N\NC(=O)CNc2ccccc2C)ccc1O. The van der Waals surface area contributed by atoms with Crippen LogP contribution in [0.25, 0.3) is 0 Å². The Hall–Kier alpha value is -3.02. The Labute approximate surface area is 134 Å². The van der Waals surface area contributed by atoms with E-state index in [0.717, 1.165) is 11.3 Å². The predicted molar refractivity (Wildman–Crippen MR) is 90.1 cm³/mol. The van der Waals surface area contributed by atoms with E-state index >= 15 is 0 Å². The molecule has 0 aliphatic heterocycles. The lowest BCUT2D eigenvalue weighted by molar-refractivity contribution is -0.119. The molecule has 0 fully saturated rings. The summed E-state index contributed by atoms with van der Waals surface area (Å²) in [6.45, 7) is 2.09. The summed E-state index contributed by atoms with van der Waals surface area (Å²) in [5, 5.41) is 16.4. The molecule has 1 amide bonds. The highest BCUT2D eigenvalue weighted by Crippen LogP contribution is 2.25. The second-order valence-corrected chi connectivity index (χ2v) is 4.89. The molecular weight excluding hydrogens is 294 g/mol. The van der Waals surface area contributed by atoms with E-state index in [1.165, 1.54) is 19.4 Å². The van der Waals surface area contributed by atoms with Gasteiger partial charge in [0, 0.05) is 5.69 Å². The number of aryl methyl sites for hydroxylation is 1. The van der Waals surface area contributed by atoms with Crippen molar-refractivity contribution in [2.45, 2.75) is 6.92 Å². The Morgan fingerprint density at radius 1 is 1.30 bits per heavy atom. The second kappa shape index (κ2) is 7.84. The van der Waals surface area contributed by atoms with E-state index in [0.29, 0.717) is 11.3 Å². The van der Waals surface area contributed by atoms with Crippen LogP contribution in [-0.2, 0) is 4.79 Å². The van der Waals surface area contributed by atoms with E-state index in [1.54, 1.807) is 12.1 Å². The quantitative estimate of drug-likeness (QED) is 0.564. The molecule has 0 bridgehead atoms. The molecule has 0 aliphatic rings. The van der Waals surface area contributed by atoms with Crippen LogP contribution in [0.15, 0.2) is 47.6 Å². The van der Waals surface area contributed by atoms with Crippen LogP contribution >= 0.6 is 0 Å². The van der Waals surface area contributed by atoms with Gasteiger partial charge in [-0.3, -0.25) is 4.79 Å². The molecule has 0 saturated carbocycles. The first-order valence-electron chi connectivity index (χ1n) is 7.08. The van der Waals surface area contributed by atoms with Gasteiger partial charge in [-0.15, -0.1) is 0 Å². The zero-order valence-electron chi connectivity index (χ0n) is 13.0. The van der Waals surface area contributed by atoms with Gasteiger partial charge in [-0.2, -0.15) is 5.10 Å². The van der Waals surface area contributed by atoms with Crippen molar-refractivity contribution < 1.29 is 14.6 Å². The molecule has 6 nitrogen and oxygen atoms in total. The van der Waals surface area contributed by atoms with E-state index in [-0.39, 0.29) is 18.2 Å². The summed E-state index contributed by atoms with van der Waals surface area (Å²) in [5.74, 6) is 0.146. The van der Waals surface area contributed by atoms with Crippen molar-refractivity contribution in [1.29, 1.82) is 0 Å². The van der Waals surface area contributed by atoms with Crippen molar-refractivity contribution in [2.75, 3.05) is 19.0 Å². The van der Waals surface area contributed by atoms with Gasteiger partial charge in [0.05, 0.1) is 19.9 Å². The van der Waals surface area contributed by atoms with Gasteiger partial charge >= 0.3 is 0 Å². The Kier molecular flexibility index (Phi) is 5.57. The lowest BCUT2D eigenvalue weighted by Gasteiger charge is -2.07. The highest BCUT2D eigenvalue weighted by Gasteiger charge is 2.02. The molecule has 2 rings (SSSR count). The van der Waals surface area contributed by atoms with Crippen LogP contribution < -0.4 is 15.5 Å². The molecule has 0 aliphatic carbocycles. The normalized spacial score (nSPS) is 10.5. The number of ether oxygens (including phenoxy) is 1. The largest absolute Gasteiger partial charge is 0.504 e. The number of methoxy groups -OCH3 is 1. The molecule has 2 aromatic carbocycles. The maximum atomic E-state index is 11.7. The molecule has 0 saturated heterocycles. The van der Waals surface area contributed by atoms with Gasteiger partial charge in [0.15, 0.2) is 11.5 Å². The lowest BCUT2D eigenvalue weighted by Crippen LogP contribution is -2.26. The molecule has 0 aromatic heterocycles. The number of hydrogen-bond acceptors (Lipinski definition) is 5. The maximum absolute atomic E-state index is 11.7. The number of amides is 1. The predicted octanol–water partition coefficient (Wildman–Crippen LogP) is 2.27. The summed E-state index contributed by atoms with van der Waals surface area (Å²) in [5.41, 5.74) is 5.12. The molecule has 6 heteroatoms. The minimum atomic E-state index is -0.254. The molecule has 2 aromatic rings. The van der Waals surface area contributed by atoms with Gasteiger partial charge in [-0.25, -0.2) is 5.43 Å². The molecule has 120 valence electrons. The van der Waals surface area contributed by atoms with Crippen molar-refractivity contribution in [2.24, 2.45) is 5.10 Å². The number of hydrazone groups is 1. The van der Waals surface area contributed by atoms with E-state index in [2.05, 4.69) is 15.8 Å². The zero-order chi connectivity index (χ0) is 16.7. The number of nitrogens with one attached hydrogen (secondary N) is 2. The number of nitrogens with zero attached hydrogens (tertiary/aromatic N) is 1. The Morgan fingerprint density at radius 3 is 2.83 bits per heavy atom. The average Bonchev–Trinajstić information content (AvgIpc) is 2.55. The van der Waals surface area contributed by atoms with Crippen molar-refractivity contribution in [3.63, 3.8) is 0 Å². The van der Waals surface area contributed by atoms with Crippen molar-refractivity contribution >= 4 is 17.8 Å². The molecule has 0 atom stereocenters. The number of hydrogen-bond donors (Lipinski definition) is 3. The van der Waals surface area contributed by atoms with Crippen LogP contribution in [-0.4, -0.2) is 30.9 Å². The number of para-hydroxylation sites is 1. The summed E-state index contributed by atoms with van der Waals surface area (Å²) in [7, 11) is 1.47. The fraction of sp³-hybridized carbons (Fsp3) is 0.176. The van der Waals surface area contributed by atoms with Gasteiger partial charge in [0.2, 0.25) is 0 Å². The third-order valence-corrected chi connectivity index (χ3v) is 3.19. The van der Waals surface area contributed by atoms with Gasteiger partial charge < -0.3 is 15.2 Å².